The van der Waals surface area contributed by atoms with Crippen LogP contribution >= 0.6 is 0 Å². The van der Waals surface area contributed by atoms with Gasteiger partial charge in [0.1, 0.15) is 6.61 Å². The van der Waals surface area contributed by atoms with Gasteiger partial charge in [-0.1, -0.05) is 63.5 Å². The molecule has 0 saturated heterocycles. The van der Waals surface area contributed by atoms with Gasteiger partial charge in [0.05, 0.1) is 0 Å². The summed E-state index contributed by atoms with van der Waals surface area (Å²) in [6, 6.07) is 7.24. The molecule has 0 aromatic heterocycles. The van der Waals surface area contributed by atoms with Gasteiger partial charge in [0.15, 0.2) is 17.4 Å². The van der Waals surface area contributed by atoms with Crippen LogP contribution in [0.1, 0.15) is 76.2 Å². The van der Waals surface area contributed by atoms with Crippen molar-refractivity contribution in [3.05, 3.63) is 54.1 Å². The first kappa shape index (κ1) is 21.3. The smallest absolute Gasteiger partial charge is 0.191 e. The van der Waals surface area contributed by atoms with Crippen molar-refractivity contribution in [1.29, 1.82) is 0 Å². The largest absolute Gasteiger partial charge is 0.483 e. The van der Waals surface area contributed by atoms with Gasteiger partial charge in [-0.05, 0) is 72.8 Å². The summed E-state index contributed by atoms with van der Waals surface area (Å²) in [7, 11) is 0. The zero-order valence-corrected chi connectivity index (χ0v) is 18.1. The Kier molecular flexibility index (Phi) is 6.75. The molecule has 0 heterocycles. The van der Waals surface area contributed by atoms with Crippen molar-refractivity contribution in [3.8, 4) is 5.75 Å². The van der Waals surface area contributed by atoms with Gasteiger partial charge in [-0.2, -0.15) is 0 Å². The minimum atomic E-state index is -0.645. The van der Waals surface area contributed by atoms with Crippen LogP contribution in [0, 0.1) is 29.4 Å². The molecule has 4 atom stereocenters. The SMILES string of the molecule is C=CCOc1c(F)cc2cc([C@@H]3CC[C@@H]4CC(CCCC)CCC4C3)ccc2c1F. The second-order valence-electron chi connectivity index (χ2n) is 9.43. The van der Waals surface area contributed by atoms with E-state index in [9.17, 15) is 8.78 Å². The van der Waals surface area contributed by atoms with Gasteiger partial charge in [0.25, 0.3) is 0 Å². The second kappa shape index (κ2) is 9.49. The average Bonchev–Trinajstić information content (AvgIpc) is 2.76. The lowest BCUT2D eigenvalue weighted by atomic mass is 9.63. The summed E-state index contributed by atoms with van der Waals surface area (Å²) in [6.07, 6.45) is 13.4. The maximum Gasteiger partial charge on any atom is 0.191 e. The van der Waals surface area contributed by atoms with Crippen LogP contribution in [-0.4, -0.2) is 6.61 Å². The Morgan fingerprint density at radius 3 is 2.67 bits per heavy atom. The minimum Gasteiger partial charge on any atom is -0.483 e. The van der Waals surface area contributed by atoms with Crippen LogP contribution in [0.3, 0.4) is 0 Å². The van der Waals surface area contributed by atoms with Gasteiger partial charge < -0.3 is 4.74 Å². The zero-order chi connectivity index (χ0) is 21.1. The maximum absolute atomic E-state index is 14.8. The van der Waals surface area contributed by atoms with Crippen molar-refractivity contribution >= 4 is 10.8 Å². The highest BCUT2D eigenvalue weighted by Crippen LogP contribution is 2.48. The minimum absolute atomic E-state index is 0.0847. The molecule has 3 heteroatoms. The molecule has 2 saturated carbocycles. The lowest BCUT2D eigenvalue weighted by Gasteiger charge is -2.42. The van der Waals surface area contributed by atoms with Gasteiger partial charge in [-0.3, -0.25) is 0 Å². The predicted molar refractivity (Wildman–Crippen MR) is 120 cm³/mol. The Bertz CT molecular complexity index is 890. The van der Waals surface area contributed by atoms with Crippen LogP contribution in [0.2, 0.25) is 0 Å². The molecule has 30 heavy (non-hydrogen) atoms. The van der Waals surface area contributed by atoms with Crippen molar-refractivity contribution in [3.63, 3.8) is 0 Å². The molecule has 2 aliphatic carbocycles. The molecular weight excluding hydrogens is 378 g/mol. The molecule has 0 radical (unpaired) electrons. The number of rotatable bonds is 7. The maximum atomic E-state index is 14.8. The van der Waals surface area contributed by atoms with E-state index in [1.54, 1.807) is 6.07 Å². The fraction of sp³-hybridized carbons (Fsp3) is 0.556. The third-order valence-electron chi connectivity index (χ3n) is 7.52. The Morgan fingerprint density at radius 1 is 1.07 bits per heavy atom. The van der Waals surface area contributed by atoms with E-state index in [0.29, 0.717) is 16.7 Å². The Morgan fingerprint density at radius 2 is 1.87 bits per heavy atom. The molecule has 2 aliphatic rings. The molecule has 4 rings (SSSR count). The van der Waals surface area contributed by atoms with Gasteiger partial charge in [0, 0.05) is 5.39 Å². The summed E-state index contributed by atoms with van der Waals surface area (Å²) in [5, 5.41) is 1.04. The molecule has 2 aromatic rings. The Labute approximate surface area is 179 Å². The first-order valence-corrected chi connectivity index (χ1v) is 11.8. The third-order valence-corrected chi connectivity index (χ3v) is 7.52. The van der Waals surface area contributed by atoms with Gasteiger partial charge >= 0.3 is 0 Å². The van der Waals surface area contributed by atoms with E-state index in [2.05, 4.69) is 13.5 Å². The molecule has 2 unspecified atom stereocenters. The Hall–Kier alpha value is -1.90. The van der Waals surface area contributed by atoms with Crippen molar-refractivity contribution in [2.45, 2.75) is 70.6 Å². The molecule has 0 N–H and O–H groups in total. The average molecular weight is 413 g/mol. The van der Waals surface area contributed by atoms with Gasteiger partial charge in [-0.25, -0.2) is 8.78 Å². The molecular formula is C27H34F2O. The molecule has 162 valence electrons. The fourth-order valence-corrected chi connectivity index (χ4v) is 5.90. The van der Waals surface area contributed by atoms with Crippen molar-refractivity contribution < 1.29 is 13.5 Å². The molecule has 2 aromatic carbocycles. The quantitative estimate of drug-likeness (QED) is 0.417. The van der Waals surface area contributed by atoms with E-state index in [-0.39, 0.29) is 12.4 Å². The highest BCUT2D eigenvalue weighted by Gasteiger charge is 2.35. The van der Waals surface area contributed by atoms with E-state index in [1.165, 1.54) is 75.5 Å². The second-order valence-corrected chi connectivity index (χ2v) is 9.43. The van der Waals surface area contributed by atoms with Crippen LogP contribution in [0.25, 0.3) is 10.8 Å². The normalized spacial score (nSPS) is 26.4. The first-order chi connectivity index (χ1) is 14.6. The Balaban J connectivity index is 1.49. The summed E-state index contributed by atoms with van der Waals surface area (Å²) in [4.78, 5) is 0. The number of benzene rings is 2. The summed E-state index contributed by atoms with van der Waals surface area (Å²) in [6.45, 7) is 5.91. The van der Waals surface area contributed by atoms with E-state index >= 15 is 0 Å². The molecule has 0 bridgehead atoms. The van der Waals surface area contributed by atoms with Crippen LogP contribution in [-0.2, 0) is 0 Å². The summed E-state index contributed by atoms with van der Waals surface area (Å²) in [5.74, 6) is 1.57. The van der Waals surface area contributed by atoms with Crippen molar-refractivity contribution in [1.82, 2.24) is 0 Å². The fourth-order valence-electron chi connectivity index (χ4n) is 5.90. The summed E-state index contributed by atoms with van der Waals surface area (Å²) >= 11 is 0. The number of fused-ring (bicyclic) bond motifs is 2. The number of ether oxygens (including phenoxy) is 1. The lowest BCUT2D eigenvalue weighted by Crippen LogP contribution is -2.30. The van der Waals surface area contributed by atoms with E-state index in [1.807, 2.05) is 12.1 Å². The number of hydrogen-bond donors (Lipinski definition) is 0. The van der Waals surface area contributed by atoms with Gasteiger partial charge in [0.2, 0.25) is 0 Å². The highest BCUT2D eigenvalue weighted by atomic mass is 19.1. The topological polar surface area (TPSA) is 9.23 Å². The van der Waals surface area contributed by atoms with Crippen LogP contribution < -0.4 is 4.74 Å². The molecule has 0 aliphatic heterocycles. The molecule has 2 fully saturated rings. The van der Waals surface area contributed by atoms with Crippen molar-refractivity contribution in [2.24, 2.45) is 17.8 Å². The van der Waals surface area contributed by atoms with Gasteiger partial charge in [-0.15, -0.1) is 0 Å². The standard InChI is InChI=1S/C27H34F2O/c1-3-5-6-18-7-8-20-15-21(10-9-19(20)14-18)22-11-12-24-23(16-22)17-25(28)27(26(24)29)30-13-4-2/h4,11-12,16-21H,2-3,5-10,13-15H2,1H3/t18?,19-,20?,21-/m1/s1. The zero-order valence-electron chi connectivity index (χ0n) is 18.1. The summed E-state index contributed by atoms with van der Waals surface area (Å²) in [5.41, 5.74) is 1.23. The van der Waals surface area contributed by atoms with Crippen LogP contribution in [0.15, 0.2) is 36.9 Å². The van der Waals surface area contributed by atoms with Crippen molar-refractivity contribution in [2.75, 3.05) is 6.61 Å². The molecule has 1 nitrogen and oxygen atoms in total. The van der Waals surface area contributed by atoms with Crippen LogP contribution in [0.5, 0.6) is 5.75 Å². The summed E-state index contributed by atoms with van der Waals surface area (Å²) < 4.78 is 34.4. The number of unbranched alkanes of at least 4 members (excludes halogenated alkanes) is 1. The van der Waals surface area contributed by atoms with E-state index in [0.717, 1.165) is 17.8 Å². The van der Waals surface area contributed by atoms with E-state index in [4.69, 9.17) is 4.74 Å². The predicted octanol–water partition coefficient (Wildman–Crippen LogP) is 8.17. The molecule has 0 amide bonds. The number of halogens is 2. The van der Waals surface area contributed by atoms with Crippen LogP contribution in [0.4, 0.5) is 8.78 Å². The lowest BCUT2D eigenvalue weighted by molar-refractivity contribution is 0.113. The highest BCUT2D eigenvalue weighted by molar-refractivity contribution is 5.85. The molecule has 0 spiro atoms. The monoisotopic (exact) mass is 412 g/mol. The number of hydrogen-bond acceptors (Lipinski definition) is 1. The third kappa shape index (κ3) is 4.40. The first-order valence-electron chi connectivity index (χ1n) is 11.8. The van der Waals surface area contributed by atoms with E-state index < -0.39 is 11.6 Å².